The predicted molar refractivity (Wildman–Crippen MR) is 95.4 cm³/mol. The zero-order valence-corrected chi connectivity index (χ0v) is 15.4. The third kappa shape index (κ3) is 2.82. The fourth-order valence-corrected chi connectivity index (χ4v) is 5.45. The van der Waals surface area contributed by atoms with Crippen LogP contribution in [0.1, 0.15) is 43.6 Å². The lowest BCUT2D eigenvalue weighted by Gasteiger charge is -2.46. The summed E-state index contributed by atoms with van der Waals surface area (Å²) in [5, 5.41) is 1.32. The lowest BCUT2D eigenvalue weighted by molar-refractivity contribution is -0.0320. The first kappa shape index (κ1) is 16.2. The van der Waals surface area contributed by atoms with Gasteiger partial charge in [0.1, 0.15) is 0 Å². The van der Waals surface area contributed by atoms with Crippen molar-refractivity contribution in [3.05, 3.63) is 33.8 Å². The standard InChI is InChI=1S/C19H25Cl2NO/c1-22-13-6-8-17(22)18(19(23-2)11-3-4-11)14(10-13)12-5-7-15(20)16(21)9-12/h5,7,9,11,13-14,17-19H,3-4,6,8,10H2,1-2H3/t13-,14+,17+,18-,19?/m1/s1. The van der Waals surface area contributed by atoms with Crippen molar-refractivity contribution in [2.24, 2.45) is 11.8 Å². The number of halogens is 2. The number of nitrogens with zero attached hydrogens (tertiary/aromatic N) is 1. The molecule has 2 nitrogen and oxygen atoms in total. The molecule has 0 N–H and O–H groups in total. The van der Waals surface area contributed by atoms with Crippen molar-refractivity contribution in [2.45, 2.75) is 56.2 Å². The molecule has 4 rings (SSSR count). The molecule has 1 unspecified atom stereocenters. The van der Waals surface area contributed by atoms with Gasteiger partial charge in [-0.1, -0.05) is 29.3 Å². The molecule has 0 amide bonds. The van der Waals surface area contributed by atoms with Gasteiger partial charge in [0, 0.05) is 25.1 Å². The highest BCUT2D eigenvalue weighted by Crippen LogP contribution is 2.52. The zero-order valence-electron chi connectivity index (χ0n) is 13.8. The lowest BCUT2D eigenvalue weighted by atomic mass is 9.72. The van der Waals surface area contributed by atoms with E-state index < -0.39 is 0 Å². The summed E-state index contributed by atoms with van der Waals surface area (Å²) in [6.45, 7) is 0. The van der Waals surface area contributed by atoms with E-state index in [0.29, 0.717) is 40.1 Å². The van der Waals surface area contributed by atoms with E-state index in [1.165, 1.54) is 37.7 Å². The van der Waals surface area contributed by atoms with Crippen molar-refractivity contribution in [3.8, 4) is 0 Å². The third-order valence-corrected chi connectivity index (χ3v) is 7.18. The highest BCUT2D eigenvalue weighted by atomic mass is 35.5. The largest absolute Gasteiger partial charge is 0.381 e. The summed E-state index contributed by atoms with van der Waals surface area (Å²) < 4.78 is 6.03. The maximum absolute atomic E-state index is 6.31. The Labute approximate surface area is 149 Å². The smallest absolute Gasteiger partial charge is 0.0648 e. The molecule has 5 atom stereocenters. The Hall–Kier alpha value is -0.280. The summed E-state index contributed by atoms with van der Waals surface area (Å²) >= 11 is 12.4. The lowest BCUT2D eigenvalue weighted by Crippen LogP contribution is -2.51. The summed E-state index contributed by atoms with van der Waals surface area (Å²) in [6.07, 6.45) is 6.85. The Morgan fingerprint density at radius 3 is 2.57 bits per heavy atom. The van der Waals surface area contributed by atoms with Crippen LogP contribution in [0.5, 0.6) is 0 Å². The molecule has 4 heteroatoms. The van der Waals surface area contributed by atoms with Crippen LogP contribution in [-0.2, 0) is 4.74 Å². The quantitative estimate of drug-likeness (QED) is 0.756. The molecule has 3 fully saturated rings. The van der Waals surface area contributed by atoms with Crippen molar-refractivity contribution in [3.63, 3.8) is 0 Å². The molecule has 2 heterocycles. The number of hydrogen-bond acceptors (Lipinski definition) is 2. The second-order valence-corrected chi connectivity index (χ2v) is 8.41. The van der Waals surface area contributed by atoms with Crippen LogP contribution in [0.3, 0.4) is 0 Å². The minimum absolute atomic E-state index is 0.376. The first-order chi connectivity index (χ1) is 11.1. The Morgan fingerprint density at radius 1 is 1.13 bits per heavy atom. The molecule has 2 aliphatic heterocycles. The van der Waals surface area contributed by atoms with Gasteiger partial charge in [-0.05, 0) is 68.7 Å². The first-order valence-corrected chi connectivity index (χ1v) is 9.55. The van der Waals surface area contributed by atoms with Crippen LogP contribution in [0.15, 0.2) is 18.2 Å². The van der Waals surface area contributed by atoms with Crippen molar-refractivity contribution in [1.82, 2.24) is 4.90 Å². The van der Waals surface area contributed by atoms with Crippen LogP contribution < -0.4 is 0 Å². The summed E-state index contributed by atoms with van der Waals surface area (Å²) in [5.74, 6) is 1.85. The van der Waals surface area contributed by atoms with Crippen molar-refractivity contribution in [1.29, 1.82) is 0 Å². The Bertz CT molecular complexity index is 587. The van der Waals surface area contributed by atoms with Crippen molar-refractivity contribution < 1.29 is 4.74 Å². The fourth-order valence-electron chi connectivity index (χ4n) is 5.15. The van der Waals surface area contributed by atoms with Crippen LogP contribution in [0.25, 0.3) is 0 Å². The van der Waals surface area contributed by atoms with Crippen LogP contribution in [0.4, 0.5) is 0 Å². The van der Waals surface area contributed by atoms with Gasteiger partial charge in [-0.15, -0.1) is 0 Å². The maximum atomic E-state index is 6.31. The van der Waals surface area contributed by atoms with E-state index in [4.69, 9.17) is 27.9 Å². The number of benzene rings is 1. The monoisotopic (exact) mass is 353 g/mol. The van der Waals surface area contributed by atoms with Gasteiger partial charge in [-0.25, -0.2) is 0 Å². The number of fused-ring (bicyclic) bond motifs is 2. The Kier molecular flexibility index (Phi) is 4.38. The number of piperidine rings is 1. The second-order valence-electron chi connectivity index (χ2n) is 7.59. The van der Waals surface area contributed by atoms with E-state index in [1.54, 1.807) is 0 Å². The van der Waals surface area contributed by atoms with Crippen molar-refractivity contribution >= 4 is 23.2 Å². The first-order valence-electron chi connectivity index (χ1n) is 8.80. The van der Waals surface area contributed by atoms with E-state index in [9.17, 15) is 0 Å². The van der Waals surface area contributed by atoms with Gasteiger partial charge >= 0.3 is 0 Å². The van der Waals surface area contributed by atoms with Crippen molar-refractivity contribution in [2.75, 3.05) is 14.2 Å². The molecule has 126 valence electrons. The van der Waals surface area contributed by atoms with Gasteiger partial charge in [-0.2, -0.15) is 0 Å². The number of hydrogen-bond donors (Lipinski definition) is 0. The predicted octanol–water partition coefficient (Wildman–Crippen LogP) is 4.98. The van der Waals surface area contributed by atoms with E-state index >= 15 is 0 Å². The molecule has 1 aromatic rings. The van der Waals surface area contributed by atoms with E-state index in [1.807, 2.05) is 13.2 Å². The van der Waals surface area contributed by atoms with E-state index in [0.717, 1.165) is 5.92 Å². The van der Waals surface area contributed by atoms with Gasteiger partial charge in [0.25, 0.3) is 0 Å². The topological polar surface area (TPSA) is 12.5 Å². The molecule has 1 aromatic carbocycles. The van der Waals surface area contributed by atoms with Crippen LogP contribution in [-0.4, -0.2) is 37.2 Å². The average Bonchev–Trinajstić information content (AvgIpc) is 3.33. The molecule has 0 spiro atoms. The van der Waals surface area contributed by atoms with Gasteiger partial charge in [0.15, 0.2) is 0 Å². The maximum Gasteiger partial charge on any atom is 0.0648 e. The summed E-state index contributed by atoms with van der Waals surface area (Å²) in [7, 11) is 4.20. The summed E-state index contributed by atoms with van der Waals surface area (Å²) in [5.41, 5.74) is 1.34. The Balaban J connectivity index is 1.71. The molecule has 0 aromatic heterocycles. The molecule has 23 heavy (non-hydrogen) atoms. The minimum atomic E-state index is 0.376. The third-order valence-electron chi connectivity index (χ3n) is 6.44. The normalized spacial score (nSPS) is 35.5. The highest BCUT2D eigenvalue weighted by Gasteiger charge is 2.52. The minimum Gasteiger partial charge on any atom is -0.381 e. The van der Waals surface area contributed by atoms with E-state index in [-0.39, 0.29) is 0 Å². The fraction of sp³-hybridized carbons (Fsp3) is 0.684. The van der Waals surface area contributed by atoms with Gasteiger partial charge < -0.3 is 9.64 Å². The second kappa shape index (κ2) is 6.22. The SMILES string of the molecule is COC(C1CC1)[C@@H]1[C@H](c2ccc(Cl)c(Cl)c2)C[C@H]2CC[C@@H]1N2C. The Morgan fingerprint density at radius 2 is 1.91 bits per heavy atom. The van der Waals surface area contributed by atoms with Crippen LogP contribution in [0.2, 0.25) is 10.0 Å². The summed E-state index contributed by atoms with van der Waals surface area (Å²) in [4.78, 5) is 2.62. The van der Waals surface area contributed by atoms with Crippen LogP contribution >= 0.6 is 23.2 Å². The summed E-state index contributed by atoms with van der Waals surface area (Å²) in [6, 6.07) is 7.56. The van der Waals surface area contributed by atoms with Crippen LogP contribution in [0, 0.1) is 11.8 Å². The van der Waals surface area contributed by atoms with E-state index in [2.05, 4.69) is 24.1 Å². The molecule has 0 radical (unpaired) electrons. The molecule has 1 aliphatic carbocycles. The number of methoxy groups -OCH3 is 1. The molecular formula is C19H25Cl2NO. The number of rotatable bonds is 4. The average molecular weight is 354 g/mol. The zero-order chi connectivity index (χ0) is 16.1. The van der Waals surface area contributed by atoms with Gasteiger partial charge in [0.05, 0.1) is 16.1 Å². The van der Waals surface area contributed by atoms with Gasteiger partial charge in [0.2, 0.25) is 0 Å². The molecule has 1 saturated carbocycles. The highest BCUT2D eigenvalue weighted by molar-refractivity contribution is 6.42. The van der Waals surface area contributed by atoms with Gasteiger partial charge in [-0.3, -0.25) is 0 Å². The molecule has 2 bridgehead atoms. The molecule has 2 saturated heterocycles. The molecule has 3 aliphatic rings. The molecular weight excluding hydrogens is 329 g/mol. The number of ether oxygens (including phenoxy) is 1.